The molecule has 4 heterocycles. The Bertz CT molecular complexity index is 1800. The third-order valence-electron chi connectivity index (χ3n) is 6.40. The number of hydrogen-bond donors (Lipinski definition) is 2. The molecule has 0 saturated heterocycles. The van der Waals surface area contributed by atoms with Gasteiger partial charge < -0.3 is 20.2 Å². The number of nitrogens with zero attached hydrogens (tertiary/aromatic N) is 3. The van der Waals surface area contributed by atoms with Crippen molar-refractivity contribution >= 4 is 39.1 Å². The van der Waals surface area contributed by atoms with Gasteiger partial charge in [0.2, 0.25) is 0 Å². The number of nitrogens with one attached hydrogen (secondary N) is 1. The number of ether oxygens (including phenoxy) is 1. The summed E-state index contributed by atoms with van der Waals surface area (Å²) in [6.07, 6.45) is -3.35. The Balaban J connectivity index is 1.52. The Morgan fingerprint density at radius 1 is 1.10 bits per heavy atom. The number of halogens is 3. The Kier molecular flexibility index (Phi) is 7.07. The third-order valence-corrected chi connectivity index (χ3v) is 7.50. The number of carbonyl (C=O) groups excluding carboxylic acids is 2. The van der Waals surface area contributed by atoms with E-state index in [1.807, 2.05) is 32.0 Å². The monoisotopic (exact) mass is 583 g/mol. The number of furan rings is 1. The lowest BCUT2D eigenvalue weighted by Gasteiger charge is -2.12. The summed E-state index contributed by atoms with van der Waals surface area (Å²) in [6.45, 7) is 5.64. The first kappa shape index (κ1) is 27.9. The van der Waals surface area contributed by atoms with Gasteiger partial charge in [-0.05, 0) is 67.8 Å². The van der Waals surface area contributed by atoms with Crippen LogP contribution in [-0.2, 0) is 19.8 Å². The molecule has 9 nitrogen and oxygen atoms in total. The molecule has 0 aliphatic rings. The maximum atomic E-state index is 13.8. The predicted molar refractivity (Wildman–Crippen MR) is 147 cm³/mol. The van der Waals surface area contributed by atoms with E-state index >= 15 is 0 Å². The molecule has 0 radical (unpaired) electrons. The van der Waals surface area contributed by atoms with Gasteiger partial charge in [0.15, 0.2) is 5.76 Å². The van der Waals surface area contributed by atoms with Gasteiger partial charge in [0.1, 0.15) is 33.5 Å². The number of alkyl halides is 3. The van der Waals surface area contributed by atoms with Gasteiger partial charge >= 0.3 is 6.18 Å². The van der Waals surface area contributed by atoms with Gasteiger partial charge in [-0.2, -0.15) is 18.3 Å². The maximum Gasteiger partial charge on any atom is 0.433 e. The van der Waals surface area contributed by atoms with Crippen LogP contribution in [0.4, 0.5) is 18.9 Å². The highest BCUT2D eigenvalue weighted by Crippen LogP contribution is 2.44. The highest BCUT2D eigenvalue weighted by Gasteiger charge is 2.35. The Labute approximate surface area is 235 Å². The molecule has 2 amide bonds. The normalized spacial score (nSPS) is 11.7. The molecule has 0 aliphatic heterocycles. The number of fused-ring (bicyclic) bond motifs is 1. The number of nitrogens with two attached hydrogens (primary N) is 1. The van der Waals surface area contributed by atoms with Gasteiger partial charge in [-0.15, -0.1) is 11.3 Å². The second kappa shape index (κ2) is 10.4. The van der Waals surface area contributed by atoms with E-state index in [9.17, 15) is 22.8 Å². The van der Waals surface area contributed by atoms with Gasteiger partial charge in [-0.25, -0.2) is 4.98 Å². The molecule has 0 fully saturated rings. The van der Waals surface area contributed by atoms with Crippen molar-refractivity contribution in [2.45, 2.75) is 33.6 Å². The van der Waals surface area contributed by atoms with E-state index in [0.29, 0.717) is 34.1 Å². The number of rotatable bonds is 7. The number of benzene rings is 1. The van der Waals surface area contributed by atoms with E-state index in [0.717, 1.165) is 17.2 Å². The van der Waals surface area contributed by atoms with Crippen LogP contribution < -0.4 is 15.8 Å². The van der Waals surface area contributed by atoms with Crippen LogP contribution >= 0.6 is 11.3 Å². The van der Waals surface area contributed by atoms with Crippen LogP contribution in [0.25, 0.3) is 21.3 Å². The number of aryl methyl sites for hydroxylation is 3. The van der Waals surface area contributed by atoms with Crippen LogP contribution in [0, 0.1) is 20.8 Å². The third kappa shape index (κ3) is 5.53. The van der Waals surface area contributed by atoms with Crippen molar-refractivity contribution in [2.75, 3.05) is 5.32 Å². The number of carbonyl (C=O) groups is 2. The van der Waals surface area contributed by atoms with Crippen LogP contribution in [0.15, 0.2) is 47.0 Å². The topological polar surface area (TPSA) is 125 Å². The molecule has 13 heteroatoms. The molecule has 5 rings (SSSR count). The molecule has 0 bridgehead atoms. The number of aromatic nitrogens is 3. The van der Waals surface area contributed by atoms with Gasteiger partial charge in [0.05, 0.1) is 11.9 Å². The first-order valence-electron chi connectivity index (χ1n) is 12.3. The molecule has 4 aromatic heterocycles. The quantitative estimate of drug-likeness (QED) is 0.236. The number of hydrogen-bond acceptors (Lipinski definition) is 7. The van der Waals surface area contributed by atoms with Crippen LogP contribution in [0.2, 0.25) is 0 Å². The van der Waals surface area contributed by atoms with Gasteiger partial charge in [0, 0.05) is 23.7 Å². The summed E-state index contributed by atoms with van der Waals surface area (Å²) < 4.78 is 54.2. The molecule has 212 valence electrons. The molecule has 0 spiro atoms. The predicted octanol–water partition coefficient (Wildman–Crippen LogP) is 6.16. The summed E-state index contributed by atoms with van der Waals surface area (Å²) in [6, 6.07) is 9.62. The fraction of sp³-hybridized carbons (Fsp3) is 0.214. The largest absolute Gasteiger partial charge is 0.486 e. The van der Waals surface area contributed by atoms with Crippen LogP contribution in [0.1, 0.15) is 48.5 Å². The zero-order valence-electron chi connectivity index (χ0n) is 22.3. The van der Waals surface area contributed by atoms with E-state index in [4.69, 9.17) is 14.9 Å². The summed E-state index contributed by atoms with van der Waals surface area (Å²) >= 11 is 0.656. The summed E-state index contributed by atoms with van der Waals surface area (Å²) in [7, 11) is 1.64. The summed E-state index contributed by atoms with van der Waals surface area (Å²) in [5, 5.41) is 6.88. The number of pyridine rings is 1. The Morgan fingerprint density at radius 3 is 2.41 bits per heavy atom. The fourth-order valence-corrected chi connectivity index (χ4v) is 5.44. The summed E-state index contributed by atoms with van der Waals surface area (Å²) in [4.78, 5) is 29.1. The van der Waals surface area contributed by atoms with Crippen molar-refractivity contribution in [3.63, 3.8) is 0 Å². The lowest BCUT2D eigenvalue weighted by molar-refractivity contribution is -0.140. The van der Waals surface area contributed by atoms with E-state index in [1.165, 1.54) is 16.9 Å². The fourth-order valence-electron chi connectivity index (χ4n) is 4.44. The van der Waals surface area contributed by atoms with Crippen molar-refractivity contribution < 1.29 is 31.9 Å². The molecule has 3 N–H and O–H groups in total. The summed E-state index contributed by atoms with van der Waals surface area (Å²) in [5.74, 6) is -0.767. The molecule has 0 saturated carbocycles. The van der Waals surface area contributed by atoms with Crippen molar-refractivity contribution in [3.05, 3.63) is 81.5 Å². The number of amides is 2. The average molecular weight is 584 g/mol. The molecule has 0 unspecified atom stereocenters. The molecule has 0 aliphatic carbocycles. The van der Waals surface area contributed by atoms with Crippen LogP contribution in [0.5, 0.6) is 5.75 Å². The van der Waals surface area contributed by atoms with E-state index in [1.54, 1.807) is 20.0 Å². The molecule has 41 heavy (non-hydrogen) atoms. The van der Waals surface area contributed by atoms with Crippen molar-refractivity contribution in [1.82, 2.24) is 14.8 Å². The maximum absolute atomic E-state index is 13.8. The first-order valence-corrected chi connectivity index (χ1v) is 13.1. The minimum atomic E-state index is -4.76. The van der Waals surface area contributed by atoms with Gasteiger partial charge in [0.25, 0.3) is 11.8 Å². The van der Waals surface area contributed by atoms with Crippen molar-refractivity contribution in [3.8, 4) is 16.9 Å². The average Bonchev–Trinajstić information content (AvgIpc) is 3.59. The molecule has 5 aromatic rings. The molecular weight excluding hydrogens is 559 g/mol. The molecule has 1 aromatic carbocycles. The number of thiophene rings is 1. The highest BCUT2D eigenvalue weighted by atomic mass is 32.1. The van der Waals surface area contributed by atoms with E-state index in [-0.39, 0.29) is 38.7 Å². The van der Waals surface area contributed by atoms with Crippen LogP contribution in [-0.4, -0.2) is 26.6 Å². The van der Waals surface area contributed by atoms with Crippen molar-refractivity contribution in [1.29, 1.82) is 0 Å². The lowest BCUT2D eigenvalue weighted by atomic mass is 10.0. The van der Waals surface area contributed by atoms with E-state index in [2.05, 4.69) is 15.4 Å². The minimum absolute atomic E-state index is 0.0542. The first-order chi connectivity index (χ1) is 19.3. The molecule has 0 atom stereocenters. The SMILES string of the molecule is Cc1cc(C)cc(OCc2ccc(C(=O)Nc3c(C(N)=O)sc4nc(C(F)(F)F)cc(-c5cnn(C)c5C)c34)o2)c1. The zero-order chi connectivity index (χ0) is 29.6. The smallest absolute Gasteiger partial charge is 0.433 e. The van der Waals surface area contributed by atoms with Gasteiger partial charge in [-0.3, -0.25) is 14.3 Å². The van der Waals surface area contributed by atoms with Crippen molar-refractivity contribution in [2.24, 2.45) is 12.8 Å². The molecular formula is C28H24F3N5O4S. The van der Waals surface area contributed by atoms with E-state index < -0.39 is 23.7 Å². The van der Waals surface area contributed by atoms with Crippen LogP contribution in [0.3, 0.4) is 0 Å². The zero-order valence-corrected chi connectivity index (χ0v) is 23.2. The Hall–Kier alpha value is -4.65. The Morgan fingerprint density at radius 2 is 1.80 bits per heavy atom. The second-order valence-electron chi connectivity index (χ2n) is 9.50. The van der Waals surface area contributed by atoms with Gasteiger partial charge in [-0.1, -0.05) is 6.07 Å². The summed E-state index contributed by atoms with van der Waals surface area (Å²) in [5.41, 5.74) is 7.45. The highest BCUT2D eigenvalue weighted by molar-refractivity contribution is 7.21. The lowest BCUT2D eigenvalue weighted by Crippen LogP contribution is -2.16. The number of anilines is 1. The number of primary amides is 1. The second-order valence-corrected chi connectivity index (χ2v) is 10.5. The minimum Gasteiger partial charge on any atom is -0.486 e. The standard InChI is InChI=1S/C28H24F3N5O4S/c1-13-7-14(2)9-17(8-13)39-12-16-5-6-20(40-16)26(38)35-23-22-18(19-11-33-36(4)15(19)3)10-21(28(29,30)31)34-27(22)41-24(23)25(32)37/h5-11H,12H2,1-4H3,(H2,32,37)(H,35,38).